The summed E-state index contributed by atoms with van der Waals surface area (Å²) in [5.74, 6) is 1.78. The Morgan fingerprint density at radius 2 is 1.67 bits per heavy atom. The fourth-order valence-corrected chi connectivity index (χ4v) is 3.53. The van der Waals surface area contributed by atoms with Crippen LogP contribution in [0.5, 0.6) is 11.5 Å². The topological polar surface area (TPSA) is 43.2 Å². The molecule has 0 atom stereocenters. The number of carbonyl (C=O) groups is 1. The maximum atomic E-state index is 12.5. The molecule has 1 amide bonds. The van der Waals surface area contributed by atoms with E-state index in [4.69, 9.17) is 9.47 Å². The molecule has 5 heteroatoms. The Morgan fingerprint density at radius 1 is 1.04 bits per heavy atom. The van der Waals surface area contributed by atoms with Gasteiger partial charge in [0.2, 0.25) is 0 Å². The molecule has 1 aliphatic rings. The minimum absolute atomic E-state index is 0.0705. The van der Waals surface area contributed by atoms with Crippen molar-refractivity contribution >= 4 is 5.91 Å². The molecule has 0 unspecified atom stereocenters. The van der Waals surface area contributed by atoms with Crippen molar-refractivity contribution in [3.05, 3.63) is 59.2 Å². The van der Waals surface area contributed by atoms with E-state index in [1.165, 1.54) is 10.5 Å². The van der Waals surface area contributed by atoms with E-state index in [0.717, 1.165) is 55.3 Å². The van der Waals surface area contributed by atoms with Crippen molar-refractivity contribution in [1.29, 1.82) is 0 Å². The number of aryl methyl sites for hydroxylation is 2. The molecule has 0 spiro atoms. The summed E-state index contributed by atoms with van der Waals surface area (Å²) in [5, 5.41) is 0. The molecule has 0 aliphatic carbocycles. The Bertz CT molecular complexity index is 745. The number of nitrogens with one attached hydrogen (secondary N) is 1. The van der Waals surface area contributed by atoms with Crippen LogP contribution < -0.4 is 14.4 Å². The molecular formula is C22H29N2O3+. The second-order valence-corrected chi connectivity index (χ2v) is 7.17. The normalized spacial score (nSPS) is 14.9. The zero-order chi connectivity index (χ0) is 19.2. The van der Waals surface area contributed by atoms with Gasteiger partial charge in [-0.05, 0) is 49.2 Å². The number of methoxy groups -OCH3 is 1. The Kier molecular flexibility index (Phi) is 6.35. The van der Waals surface area contributed by atoms with E-state index in [9.17, 15) is 4.79 Å². The summed E-state index contributed by atoms with van der Waals surface area (Å²) in [6.45, 7) is 8.58. The van der Waals surface area contributed by atoms with Crippen LogP contribution in [0.15, 0.2) is 42.5 Å². The molecule has 0 radical (unpaired) electrons. The molecule has 5 nitrogen and oxygen atoms in total. The predicted molar refractivity (Wildman–Crippen MR) is 105 cm³/mol. The molecular weight excluding hydrogens is 340 g/mol. The Hall–Kier alpha value is -2.53. The van der Waals surface area contributed by atoms with Gasteiger partial charge >= 0.3 is 0 Å². The van der Waals surface area contributed by atoms with Crippen LogP contribution in [0.2, 0.25) is 0 Å². The van der Waals surface area contributed by atoms with E-state index in [1.807, 2.05) is 49.1 Å². The molecule has 0 bridgehead atoms. The predicted octanol–water partition coefficient (Wildman–Crippen LogP) is 1.62. The van der Waals surface area contributed by atoms with Gasteiger partial charge in [0.05, 0.1) is 33.3 Å². The standard InChI is InChI=1S/C22H28N2O3/c1-17-5-4-6-18(2)22(17)27-16-21(25)24-13-11-23(12-14-24)15-19-7-9-20(26-3)10-8-19/h4-10H,11-16H2,1-3H3/p+1. The van der Waals surface area contributed by atoms with Gasteiger partial charge in [-0.2, -0.15) is 0 Å². The molecule has 27 heavy (non-hydrogen) atoms. The maximum absolute atomic E-state index is 12.5. The first kappa shape index (κ1) is 19.2. The number of rotatable bonds is 6. The first-order valence-electron chi connectivity index (χ1n) is 9.50. The summed E-state index contributed by atoms with van der Waals surface area (Å²) in [6.07, 6.45) is 0. The fraction of sp³-hybridized carbons (Fsp3) is 0.409. The van der Waals surface area contributed by atoms with Gasteiger partial charge in [-0.15, -0.1) is 0 Å². The number of amides is 1. The van der Waals surface area contributed by atoms with Crippen molar-refractivity contribution in [2.75, 3.05) is 39.9 Å². The first-order valence-corrected chi connectivity index (χ1v) is 9.50. The highest BCUT2D eigenvalue weighted by Crippen LogP contribution is 2.22. The third-order valence-electron chi connectivity index (χ3n) is 5.19. The number of carbonyl (C=O) groups excluding carboxylic acids is 1. The summed E-state index contributed by atoms with van der Waals surface area (Å²) in [7, 11) is 1.68. The monoisotopic (exact) mass is 369 g/mol. The summed E-state index contributed by atoms with van der Waals surface area (Å²) < 4.78 is 11.0. The molecule has 1 fully saturated rings. The van der Waals surface area contributed by atoms with E-state index in [-0.39, 0.29) is 12.5 Å². The maximum Gasteiger partial charge on any atom is 0.260 e. The van der Waals surface area contributed by atoms with Crippen molar-refractivity contribution in [3.8, 4) is 11.5 Å². The largest absolute Gasteiger partial charge is 0.497 e. The molecule has 1 heterocycles. The van der Waals surface area contributed by atoms with E-state index in [2.05, 4.69) is 12.1 Å². The fourth-order valence-electron chi connectivity index (χ4n) is 3.53. The van der Waals surface area contributed by atoms with Gasteiger partial charge in [-0.3, -0.25) is 4.79 Å². The van der Waals surface area contributed by atoms with Crippen LogP contribution >= 0.6 is 0 Å². The minimum Gasteiger partial charge on any atom is -0.497 e. The number of para-hydroxylation sites is 1. The summed E-state index contributed by atoms with van der Waals surface area (Å²) in [4.78, 5) is 15.9. The second kappa shape index (κ2) is 8.91. The van der Waals surface area contributed by atoms with Gasteiger partial charge in [-0.1, -0.05) is 18.2 Å². The van der Waals surface area contributed by atoms with Crippen LogP contribution in [-0.4, -0.2) is 50.7 Å². The number of quaternary nitrogens is 1. The van der Waals surface area contributed by atoms with Gasteiger partial charge in [0.15, 0.2) is 6.61 Å². The minimum atomic E-state index is 0.0705. The summed E-state index contributed by atoms with van der Waals surface area (Å²) in [5.41, 5.74) is 3.43. The van der Waals surface area contributed by atoms with Crippen molar-refractivity contribution in [2.24, 2.45) is 0 Å². The first-order chi connectivity index (χ1) is 13.1. The van der Waals surface area contributed by atoms with Crippen LogP contribution in [-0.2, 0) is 11.3 Å². The van der Waals surface area contributed by atoms with Crippen LogP contribution in [0.4, 0.5) is 0 Å². The van der Waals surface area contributed by atoms with Crippen LogP contribution in [0, 0.1) is 13.8 Å². The number of piperazine rings is 1. The van der Waals surface area contributed by atoms with E-state index in [0.29, 0.717) is 0 Å². The zero-order valence-electron chi connectivity index (χ0n) is 16.5. The lowest BCUT2D eigenvalue weighted by Gasteiger charge is -2.32. The molecule has 1 N–H and O–H groups in total. The number of hydrogen-bond acceptors (Lipinski definition) is 3. The van der Waals surface area contributed by atoms with Crippen LogP contribution in [0.25, 0.3) is 0 Å². The molecule has 1 saturated heterocycles. The molecule has 144 valence electrons. The SMILES string of the molecule is COc1ccc(C[NH+]2CCN(C(=O)COc3c(C)cccc3C)CC2)cc1. The van der Waals surface area contributed by atoms with E-state index < -0.39 is 0 Å². The van der Waals surface area contributed by atoms with E-state index in [1.54, 1.807) is 7.11 Å². The molecule has 0 saturated carbocycles. The van der Waals surface area contributed by atoms with Crippen molar-refractivity contribution in [3.63, 3.8) is 0 Å². The highest BCUT2D eigenvalue weighted by Gasteiger charge is 2.24. The summed E-state index contributed by atoms with van der Waals surface area (Å²) >= 11 is 0. The quantitative estimate of drug-likeness (QED) is 0.842. The average Bonchev–Trinajstić information content (AvgIpc) is 2.68. The highest BCUT2D eigenvalue weighted by molar-refractivity contribution is 5.78. The van der Waals surface area contributed by atoms with Crippen molar-refractivity contribution in [2.45, 2.75) is 20.4 Å². The molecule has 1 aliphatic heterocycles. The number of nitrogens with zero attached hydrogens (tertiary/aromatic N) is 1. The Balaban J connectivity index is 1.46. The lowest BCUT2D eigenvalue weighted by atomic mass is 10.1. The van der Waals surface area contributed by atoms with Crippen molar-refractivity contribution < 1.29 is 19.2 Å². The smallest absolute Gasteiger partial charge is 0.260 e. The van der Waals surface area contributed by atoms with Crippen molar-refractivity contribution in [1.82, 2.24) is 4.90 Å². The van der Waals surface area contributed by atoms with Gasteiger partial charge < -0.3 is 19.3 Å². The Morgan fingerprint density at radius 3 is 2.26 bits per heavy atom. The molecule has 0 aromatic heterocycles. The van der Waals surface area contributed by atoms with Gasteiger partial charge in [0.1, 0.15) is 18.0 Å². The zero-order valence-corrected chi connectivity index (χ0v) is 16.5. The number of hydrogen-bond donors (Lipinski definition) is 1. The Labute approximate surface area is 161 Å². The molecule has 3 rings (SSSR count). The third kappa shape index (κ3) is 5.01. The highest BCUT2D eigenvalue weighted by atomic mass is 16.5. The van der Waals surface area contributed by atoms with Crippen LogP contribution in [0.1, 0.15) is 16.7 Å². The van der Waals surface area contributed by atoms with Crippen LogP contribution in [0.3, 0.4) is 0 Å². The van der Waals surface area contributed by atoms with Gasteiger partial charge in [0.25, 0.3) is 5.91 Å². The second-order valence-electron chi connectivity index (χ2n) is 7.17. The lowest BCUT2D eigenvalue weighted by Crippen LogP contribution is -3.13. The molecule has 2 aromatic carbocycles. The third-order valence-corrected chi connectivity index (χ3v) is 5.19. The lowest BCUT2D eigenvalue weighted by molar-refractivity contribution is -0.917. The van der Waals surface area contributed by atoms with E-state index >= 15 is 0 Å². The van der Waals surface area contributed by atoms with Gasteiger partial charge in [0, 0.05) is 5.56 Å². The number of ether oxygens (including phenoxy) is 2. The van der Waals surface area contributed by atoms with Gasteiger partial charge in [-0.25, -0.2) is 0 Å². The summed E-state index contributed by atoms with van der Waals surface area (Å²) in [6, 6.07) is 14.2. The number of benzene rings is 2. The average molecular weight is 369 g/mol. The molecule has 2 aromatic rings.